The fourth-order valence-corrected chi connectivity index (χ4v) is 5.33. The van der Waals surface area contributed by atoms with Crippen LogP contribution in [-0.2, 0) is 32.9 Å². The van der Waals surface area contributed by atoms with Gasteiger partial charge in [0.2, 0.25) is 0 Å². The fourth-order valence-electron chi connectivity index (χ4n) is 5.17. The number of Topliss-reactive ketones (excluding diaryl/α,β-unsaturated/α-hetero) is 1. The summed E-state index contributed by atoms with van der Waals surface area (Å²) < 4.78 is 37.2. The van der Waals surface area contributed by atoms with E-state index in [9.17, 15) is 14.0 Å². The molecule has 0 aliphatic carbocycles. The average Bonchev–Trinajstić information content (AvgIpc) is 3.34. The fraction of sp³-hybridized carbons (Fsp3) is 0.273. The zero-order chi connectivity index (χ0) is 30.8. The molecule has 9 nitrogen and oxygen atoms in total. The highest BCUT2D eigenvalue weighted by Gasteiger charge is 2.42. The number of aromatic nitrogens is 2. The smallest absolute Gasteiger partial charge is 0.337 e. The summed E-state index contributed by atoms with van der Waals surface area (Å²) in [4.78, 5) is 34.2. The van der Waals surface area contributed by atoms with Gasteiger partial charge in [0.15, 0.2) is 17.3 Å². The number of para-hydroxylation sites is 1. The molecular formula is C33H29ClFN3O6. The third kappa shape index (κ3) is 6.09. The zero-order valence-electron chi connectivity index (χ0n) is 24.1. The summed E-state index contributed by atoms with van der Waals surface area (Å²) in [6.45, 7) is 2.94. The van der Waals surface area contributed by atoms with E-state index in [-0.39, 0.29) is 35.3 Å². The van der Waals surface area contributed by atoms with Crippen LogP contribution in [0.2, 0.25) is 5.02 Å². The normalized spacial score (nSPS) is 18.4. The Labute approximate surface area is 258 Å². The maximum Gasteiger partial charge on any atom is 0.337 e. The Morgan fingerprint density at radius 1 is 1.09 bits per heavy atom. The monoisotopic (exact) mass is 617 g/mol. The molecule has 2 aliphatic rings. The maximum absolute atomic E-state index is 14.7. The largest absolute Gasteiger partial charge is 0.465 e. The van der Waals surface area contributed by atoms with Gasteiger partial charge in [0, 0.05) is 56.0 Å². The number of ketones is 1. The lowest BCUT2D eigenvalue weighted by atomic mass is 10.0. The first-order valence-corrected chi connectivity index (χ1v) is 14.5. The van der Waals surface area contributed by atoms with Crippen LogP contribution in [0.3, 0.4) is 0 Å². The van der Waals surface area contributed by atoms with E-state index >= 15 is 0 Å². The molecule has 4 aromatic rings. The molecule has 0 spiro atoms. The van der Waals surface area contributed by atoms with Gasteiger partial charge >= 0.3 is 5.97 Å². The number of methoxy groups -OCH3 is 1. The molecule has 1 aromatic heterocycles. The van der Waals surface area contributed by atoms with Crippen LogP contribution in [0, 0.1) is 5.82 Å². The van der Waals surface area contributed by atoms with Crippen molar-refractivity contribution in [1.82, 2.24) is 9.97 Å². The molecule has 2 aliphatic heterocycles. The lowest BCUT2D eigenvalue weighted by Gasteiger charge is -2.27. The van der Waals surface area contributed by atoms with Crippen molar-refractivity contribution in [2.24, 2.45) is 0 Å². The first-order chi connectivity index (χ1) is 21.2. The van der Waals surface area contributed by atoms with Crippen LogP contribution >= 0.6 is 11.6 Å². The Balaban J connectivity index is 1.15. The third-order valence-corrected chi connectivity index (χ3v) is 7.82. The SMILES string of the molecule is COC(=O)c1ccc(CC(=O)Cc2cnc(-c3cccc4c3OC(C)(c3ccc(Cl)cc3F)O4)nc2)c(NC[C@@H]2CCO2)c1. The quantitative estimate of drug-likeness (QED) is 0.217. The van der Waals surface area contributed by atoms with Crippen LogP contribution in [0.5, 0.6) is 11.5 Å². The number of rotatable bonds is 10. The Bertz CT molecular complexity index is 1730. The van der Waals surface area contributed by atoms with E-state index in [1.54, 1.807) is 61.8 Å². The van der Waals surface area contributed by atoms with Crippen LogP contribution in [-0.4, -0.2) is 48.1 Å². The van der Waals surface area contributed by atoms with Gasteiger partial charge in [-0.1, -0.05) is 23.7 Å². The summed E-state index contributed by atoms with van der Waals surface area (Å²) in [5.41, 5.74) is 3.25. The van der Waals surface area contributed by atoms with E-state index in [2.05, 4.69) is 15.3 Å². The van der Waals surface area contributed by atoms with E-state index in [0.717, 1.165) is 18.6 Å². The summed E-state index contributed by atoms with van der Waals surface area (Å²) in [6, 6.07) is 14.7. The Morgan fingerprint density at radius 2 is 1.89 bits per heavy atom. The van der Waals surface area contributed by atoms with Crippen LogP contribution < -0.4 is 14.8 Å². The standard InChI is InChI=1S/C33H29ClFN3O6/c1-33(26-9-8-22(34)15-27(26)35)43-29-5-3-4-25(30(29)44-33)31-37-16-19(17-38-31)12-23(39)13-20-6-7-21(32(40)41-2)14-28(20)36-18-24-10-11-42-24/h3-9,14-17,24,36H,10-13,18H2,1-2H3/t24-,33?/m0/s1. The molecule has 1 unspecified atom stereocenters. The molecule has 0 radical (unpaired) electrons. The van der Waals surface area contributed by atoms with Crippen molar-refractivity contribution >= 4 is 29.0 Å². The number of anilines is 1. The summed E-state index contributed by atoms with van der Waals surface area (Å²) in [5.74, 6) is -1.28. The number of carbonyl (C=O) groups is 2. The van der Waals surface area contributed by atoms with Gasteiger partial charge in [-0.05, 0) is 60.0 Å². The number of hydrogen-bond acceptors (Lipinski definition) is 9. The highest BCUT2D eigenvalue weighted by Crippen LogP contribution is 2.49. The van der Waals surface area contributed by atoms with E-state index in [0.29, 0.717) is 46.2 Å². The second kappa shape index (κ2) is 12.2. The van der Waals surface area contributed by atoms with Gasteiger partial charge in [0.05, 0.1) is 29.9 Å². The summed E-state index contributed by atoms with van der Waals surface area (Å²) in [5, 5.41) is 3.58. The summed E-state index contributed by atoms with van der Waals surface area (Å²) in [6.07, 6.45) is 4.52. The number of ether oxygens (including phenoxy) is 4. The second-order valence-corrected chi connectivity index (χ2v) is 11.2. The van der Waals surface area contributed by atoms with E-state index in [4.69, 9.17) is 30.5 Å². The minimum atomic E-state index is -1.41. The molecule has 2 atom stereocenters. The number of nitrogens with zero attached hydrogens (tertiary/aromatic N) is 2. The second-order valence-electron chi connectivity index (χ2n) is 10.7. The molecule has 44 heavy (non-hydrogen) atoms. The molecule has 3 aromatic carbocycles. The van der Waals surface area contributed by atoms with Crippen LogP contribution in [0.4, 0.5) is 10.1 Å². The minimum absolute atomic E-state index is 0.0480. The minimum Gasteiger partial charge on any atom is -0.465 e. The Hall–Kier alpha value is -4.54. The number of halogens is 2. The van der Waals surface area contributed by atoms with Crippen molar-refractivity contribution in [3.05, 3.63) is 100 Å². The van der Waals surface area contributed by atoms with Crippen molar-refractivity contribution in [3.8, 4) is 22.9 Å². The molecule has 3 heterocycles. The van der Waals surface area contributed by atoms with Crippen LogP contribution in [0.1, 0.15) is 40.4 Å². The number of hydrogen-bond donors (Lipinski definition) is 1. The first-order valence-electron chi connectivity index (χ1n) is 14.1. The number of nitrogens with one attached hydrogen (secondary N) is 1. The Kier molecular flexibility index (Phi) is 8.20. The van der Waals surface area contributed by atoms with Crippen molar-refractivity contribution < 1.29 is 32.9 Å². The van der Waals surface area contributed by atoms with Gasteiger partial charge in [-0.2, -0.15) is 0 Å². The first kappa shape index (κ1) is 29.5. The van der Waals surface area contributed by atoms with Gasteiger partial charge in [0.1, 0.15) is 11.6 Å². The van der Waals surface area contributed by atoms with Crippen molar-refractivity contribution in [2.75, 3.05) is 25.6 Å². The lowest BCUT2D eigenvalue weighted by molar-refractivity contribution is -0.117. The number of carbonyl (C=O) groups excluding carboxylic acids is 2. The number of fused-ring (bicyclic) bond motifs is 1. The van der Waals surface area contributed by atoms with E-state index < -0.39 is 17.6 Å². The van der Waals surface area contributed by atoms with Crippen molar-refractivity contribution in [2.45, 2.75) is 38.1 Å². The lowest BCUT2D eigenvalue weighted by Crippen LogP contribution is -2.33. The van der Waals surface area contributed by atoms with Crippen molar-refractivity contribution in [3.63, 3.8) is 0 Å². The highest BCUT2D eigenvalue weighted by molar-refractivity contribution is 6.30. The molecular weight excluding hydrogens is 589 g/mol. The van der Waals surface area contributed by atoms with Crippen LogP contribution in [0.15, 0.2) is 67.0 Å². The number of benzene rings is 3. The van der Waals surface area contributed by atoms with Gasteiger partial charge in [0.25, 0.3) is 5.79 Å². The zero-order valence-corrected chi connectivity index (χ0v) is 24.8. The topological polar surface area (TPSA) is 109 Å². The van der Waals surface area contributed by atoms with Gasteiger partial charge in [-0.25, -0.2) is 19.2 Å². The Morgan fingerprint density at radius 3 is 2.59 bits per heavy atom. The molecule has 0 bridgehead atoms. The molecule has 0 saturated carbocycles. The average molecular weight is 618 g/mol. The van der Waals surface area contributed by atoms with Gasteiger partial charge in [-0.15, -0.1) is 0 Å². The molecule has 1 N–H and O–H groups in total. The molecule has 6 rings (SSSR count). The van der Waals surface area contributed by atoms with Gasteiger partial charge < -0.3 is 24.3 Å². The van der Waals surface area contributed by atoms with Crippen LogP contribution in [0.25, 0.3) is 11.4 Å². The summed E-state index contributed by atoms with van der Waals surface area (Å²) >= 11 is 5.92. The predicted molar refractivity (Wildman–Crippen MR) is 161 cm³/mol. The molecule has 226 valence electrons. The predicted octanol–water partition coefficient (Wildman–Crippen LogP) is 5.92. The van der Waals surface area contributed by atoms with Crippen molar-refractivity contribution in [1.29, 1.82) is 0 Å². The summed E-state index contributed by atoms with van der Waals surface area (Å²) in [7, 11) is 1.33. The molecule has 11 heteroatoms. The van der Waals surface area contributed by atoms with E-state index in [1.165, 1.54) is 19.2 Å². The highest BCUT2D eigenvalue weighted by atomic mass is 35.5. The van der Waals surface area contributed by atoms with Gasteiger partial charge in [-0.3, -0.25) is 4.79 Å². The third-order valence-electron chi connectivity index (χ3n) is 7.58. The molecule has 1 saturated heterocycles. The molecule has 0 amide bonds. The van der Waals surface area contributed by atoms with E-state index in [1.807, 2.05) is 0 Å². The molecule has 1 fully saturated rings. The maximum atomic E-state index is 14.7. The number of esters is 1.